The minimum absolute atomic E-state index is 0.0479. The van der Waals surface area contributed by atoms with E-state index < -0.39 is 11.8 Å². The smallest absolute Gasteiger partial charge is 0.306 e. The summed E-state index contributed by atoms with van der Waals surface area (Å²) in [5, 5.41) is 2.86. The van der Waals surface area contributed by atoms with Crippen molar-refractivity contribution >= 4 is 40.8 Å². The van der Waals surface area contributed by atoms with Crippen LogP contribution in [0.15, 0.2) is 36.4 Å². The van der Waals surface area contributed by atoms with Gasteiger partial charge in [-0.15, -0.1) is 0 Å². The van der Waals surface area contributed by atoms with Gasteiger partial charge < -0.3 is 19.7 Å². The zero-order valence-electron chi connectivity index (χ0n) is 15.5. The fourth-order valence-corrected chi connectivity index (χ4v) is 3.06. The fraction of sp³-hybridized carbons (Fsp3) is 0.250. The van der Waals surface area contributed by atoms with Crippen molar-refractivity contribution in [3.05, 3.63) is 52.8 Å². The number of carbonyl (C=O) groups is 3. The number of anilines is 2. The average Bonchev–Trinajstić information content (AvgIpc) is 2.70. The zero-order chi connectivity index (χ0) is 21.0. The summed E-state index contributed by atoms with van der Waals surface area (Å²) in [7, 11) is 1.25. The predicted octanol–water partition coefficient (Wildman–Crippen LogP) is 3.30. The highest BCUT2D eigenvalue weighted by Crippen LogP contribution is 2.36. The van der Waals surface area contributed by atoms with Crippen LogP contribution in [-0.2, 0) is 25.7 Å². The highest BCUT2D eigenvalue weighted by atomic mass is 35.5. The van der Waals surface area contributed by atoms with E-state index in [1.165, 1.54) is 24.1 Å². The molecule has 3 rings (SSSR count). The van der Waals surface area contributed by atoms with Crippen molar-refractivity contribution in [3.63, 3.8) is 0 Å². The summed E-state index contributed by atoms with van der Waals surface area (Å²) in [5.74, 6) is -1.35. The van der Waals surface area contributed by atoms with Crippen LogP contribution < -0.4 is 15.0 Å². The summed E-state index contributed by atoms with van der Waals surface area (Å²) in [6.45, 7) is -0.273. The molecule has 2 aromatic rings. The van der Waals surface area contributed by atoms with Gasteiger partial charge in [0.15, 0.2) is 6.61 Å². The highest BCUT2D eigenvalue weighted by Gasteiger charge is 2.27. The van der Waals surface area contributed by atoms with Gasteiger partial charge in [0.25, 0.3) is 5.91 Å². The predicted molar refractivity (Wildman–Crippen MR) is 104 cm³/mol. The van der Waals surface area contributed by atoms with Crippen molar-refractivity contribution in [2.75, 3.05) is 23.9 Å². The maximum absolute atomic E-state index is 14.2. The van der Waals surface area contributed by atoms with E-state index in [4.69, 9.17) is 16.3 Å². The number of halogens is 2. The van der Waals surface area contributed by atoms with E-state index in [1.54, 1.807) is 24.3 Å². The molecular weight excluding hydrogens is 403 g/mol. The molecule has 152 valence electrons. The molecule has 0 spiro atoms. The third-order valence-electron chi connectivity index (χ3n) is 4.35. The minimum Gasteiger partial charge on any atom is -0.482 e. The average molecular weight is 421 g/mol. The van der Waals surface area contributed by atoms with Gasteiger partial charge in [0.2, 0.25) is 5.91 Å². The van der Waals surface area contributed by atoms with Crippen molar-refractivity contribution in [2.45, 2.75) is 19.4 Å². The van der Waals surface area contributed by atoms with Gasteiger partial charge in [0.05, 0.1) is 25.8 Å². The number of rotatable bonds is 6. The van der Waals surface area contributed by atoms with Gasteiger partial charge in [-0.05, 0) is 30.3 Å². The SMILES string of the molecule is COC(=O)CCC(=O)Nc1ccc2c(c1)N(Cc1c(F)cccc1Cl)C(=O)CO2. The molecule has 1 heterocycles. The molecule has 2 amide bonds. The molecule has 0 radical (unpaired) electrons. The molecule has 0 saturated heterocycles. The number of nitrogens with one attached hydrogen (secondary N) is 1. The lowest BCUT2D eigenvalue weighted by atomic mass is 10.1. The van der Waals surface area contributed by atoms with E-state index in [1.807, 2.05) is 0 Å². The Kier molecular flexibility index (Phi) is 6.33. The van der Waals surface area contributed by atoms with E-state index in [0.717, 1.165) is 0 Å². The molecule has 7 nitrogen and oxygen atoms in total. The lowest BCUT2D eigenvalue weighted by molar-refractivity contribution is -0.141. The number of amides is 2. The van der Waals surface area contributed by atoms with Crippen LogP contribution in [-0.4, -0.2) is 31.5 Å². The minimum atomic E-state index is -0.523. The van der Waals surface area contributed by atoms with Crippen molar-refractivity contribution < 1.29 is 28.2 Å². The summed E-state index contributed by atoms with van der Waals surface area (Å²) >= 11 is 6.09. The summed E-state index contributed by atoms with van der Waals surface area (Å²) in [5.41, 5.74) is 0.968. The molecule has 2 aromatic carbocycles. The number of hydrogen-bond acceptors (Lipinski definition) is 5. The number of carbonyl (C=O) groups excluding carboxylic acids is 3. The topological polar surface area (TPSA) is 84.9 Å². The lowest BCUT2D eigenvalue weighted by Gasteiger charge is -2.30. The van der Waals surface area contributed by atoms with Crippen LogP contribution in [0, 0.1) is 5.82 Å². The Labute approximate surface area is 171 Å². The number of methoxy groups -OCH3 is 1. The number of fused-ring (bicyclic) bond motifs is 1. The summed E-state index contributed by atoms with van der Waals surface area (Å²) in [6, 6.07) is 9.07. The first-order chi connectivity index (χ1) is 13.9. The molecule has 0 bridgehead atoms. The van der Waals surface area contributed by atoms with Gasteiger partial charge >= 0.3 is 5.97 Å². The van der Waals surface area contributed by atoms with Crippen LogP contribution in [0.3, 0.4) is 0 Å². The van der Waals surface area contributed by atoms with Crippen LogP contribution >= 0.6 is 11.6 Å². The summed E-state index contributed by atoms with van der Waals surface area (Å²) < 4.78 is 24.1. The largest absolute Gasteiger partial charge is 0.482 e. The third kappa shape index (κ3) is 4.83. The maximum Gasteiger partial charge on any atom is 0.306 e. The Morgan fingerprint density at radius 3 is 2.79 bits per heavy atom. The number of ether oxygens (including phenoxy) is 2. The molecule has 0 atom stereocenters. The molecule has 0 aliphatic carbocycles. The van der Waals surface area contributed by atoms with Crippen LogP contribution in [0.1, 0.15) is 18.4 Å². The number of benzene rings is 2. The molecule has 0 saturated carbocycles. The van der Waals surface area contributed by atoms with Crippen LogP contribution in [0.25, 0.3) is 0 Å². The van der Waals surface area contributed by atoms with Crippen LogP contribution in [0.4, 0.5) is 15.8 Å². The monoisotopic (exact) mass is 420 g/mol. The molecule has 0 unspecified atom stereocenters. The van der Waals surface area contributed by atoms with Gasteiger partial charge in [0, 0.05) is 22.7 Å². The summed E-state index contributed by atoms with van der Waals surface area (Å²) in [6.07, 6.45) is -0.0967. The van der Waals surface area contributed by atoms with E-state index in [9.17, 15) is 18.8 Å². The zero-order valence-corrected chi connectivity index (χ0v) is 16.3. The Balaban J connectivity index is 1.82. The highest BCUT2D eigenvalue weighted by molar-refractivity contribution is 6.31. The van der Waals surface area contributed by atoms with Crippen LogP contribution in [0.5, 0.6) is 5.75 Å². The quantitative estimate of drug-likeness (QED) is 0.725. The molecular formula is C20H18ClFN2O5. The molecule has 0 fully saturated rings. The van der Waals surface area contributed by atoms with Crippen molar-refractivity contribution in [1.29, 1.82) is 0 Å². The lowest BCUT2D eigenvalue weighted by Crippen LogP contribution is -2.38. The maximum atomic E-state index is 14.2. The van der Waals surface area contributed by atoms with Gasteiger partial charge in [-0.2, -0.15) is 0 Å². The van der Waals surface area contributed by atoms with E-state index in [-0.39, 0.29) is 48.4 Å². The standard InChI is InChI=1S/C20H18ClFN2O5/c1-28-20(27)8-7-18(25)23-12-5-6-17-16(9-12)24(19(26)11-29-17)10-13-14(21)3-2-4-15(13)22/h2-6,9H,7-8,10-11H2,1H3,(H,23,25). The first-order valence-corrected chi connectivity index (χ1v) is 9.13. The number of esters is 1. The van der Waals surface area contributed by atoms with E-state index in [2.05, 4.69) is 10.1 Å². The van der Waals surface area contributed by atoms with Crippen molar-refractivity contribution in [3.8, 4) is 5.75 Å². The molecule has 9 heteroatoms. The Hall–Kier alpha value is -3.13. The normalized spacial score (nSPS) is 12.8. The van der Waals surface area contributed by atoms with Gasteiger partial charge in [-0.3, -0.25) is 14.4 Å². The fourth-order valence-electron chi connectivity index (χ4n) is 2.84. The van der Waals surface area contributed by atoms with E-state index in [0.29, 0.717) is 17.1 Å². The van der Waals surface area contributed by atoms with Gasteiger partial charge in [0.1, 0.15) is 11.6 Å². The second-order valence-corrected chi connectivity index (χ2v) is 6.68. The molecule has 29 heavy (non-hydrogen) atoms. The second kappa shape index (κ2) is 8.91. The van der Waals surface area contributed by atoms with Crippen molar-refractivity contribution in [1.82, 2.24) is 0 Å². The molecule has 1 aliphatic rings. The Bertz CT molecular complexity index is 946. The Morgan fingerprint density at radius 1 is 1.28 bits per heavy atom. The molecule has 1 N–H and O–H groups in total. The molecule has 0 aromatic heterocycles. The summed E-state index contributed by atoms with van der Waals surface area (Å²) in [4.78, 5) is 37.0. The number of nitrogens with zero attached hydrogens (tertiary/aromatic N) is 1. The van der Waals surface area contributed by atoms with Crippen LogP contribution in [0.2, 0.25) is 5.02 Å². The van der Waals surface area contributed by atoms with E-state index >= 15 is 0 Å². The third-order valence-corrected chi connectivity index (χ3v) is 4.70. The van der Waals surface area contributed by atoms with Gasteiger partial charge in [-0.1, -0.05) is 17.7 Å². The van der Waals surface area contributed by atoms with Gasteiger partial charge in [-0.25, -0.2) is 4.39 Å². The van der Waals surface area contributed by atoms with Crippen molar-refractivity contribution in [2.24, 2.45) is 0 Å². The molecule has 1 aliphatic heterocycles. The first kappa shape index (κ1) is 20.6. The number of hydrogen-bond donors (Lipinski definition) is 1. The second-order valence-electron chi connectivity index (χ2n) is 6.28. The first-order valence-electron chi connectivity index (χ1n) is 8.76. The Morgan fingerprint density at radius 2 is 2.07 bits per heavy atom.